The maximum Gasteiger partial charge on any atom is 0.410 e. The molecule has 3 aromatic rings. The van der Waals surface area contributed by atoms with Crippen LogP contribution >= 0.6 is 27.3 Å². The molecule has 0 spiro atoms. The third-order valence-corrected chi connectivity index (χ3v) is 9.67. The third-order valence-electron chi connectivity index (χ3n) is 8.20. The van der Waals surface area contributed by atoms with Crippen LogP contribution in [-0.2, 0) is 4.74 Å². The molecule has 0 saturated carbocycles. The van der Waals surface area contributed by atoms with E-state index in [2.05, 4.69) is 67.3 Å². The van der Waals surface area contributed by atoms with Crippen molar-refractivity contribution in [3.05, 3.63) is 56.2 Å². The van der Waals surface area contributed by atoms with E-state index in [1.165, 1.54) is 16.9 Å². The number of thiazole rings is 1. The molecule has 1 aromatic carbocycles. The zero-order chi connectivity index (χ0) is 30.7. The van der Waals surface area contributed by atoms with Crippen molar-refractivity contribution < 1.29 is 14.3 Å². The number of hydrogen-bond acceptors (Lipinski definition) is 9. The van der Waals surface area contributed by atoms with Crippen LogP contribution < -0.4 is 15.6 Å². The van der Waals surface area contributed by atoms with Gasteiger partial charge in [-0.25, -0.2) is 9.78 Å². The van der Waals surface area contributed by atoms with Crippen LogP contribution in [0, 0.1) is 0 Å². The number of nitrogens with one attached hydrogen (secondary N) is 1. The van der Waals surface area contributed by atoms with Gasteiger partial charge in [-0.05, 0) is 86.6 Å². The molecule has 1 amide bonds. The van der Waals surface area contributed by atoms with Crippen molar-refractivity contribution >= 4 is 44.1 Å². The molecular weight excluding hydrogens is 632 g/mol. The Morgan fingerprint density at radius 2 is 1.91 bits per heavy atom. The summed E-state index contributed by atoms with van der Waals surface area (Å²) in [6, 6.07) is 8.85. The lowest BCUT2D eigenvalue weighted by Gasteiger charge is -2.37. The Labute approximate surface area is 266 Å². The second-order valence-electron chi connectivity index (χ2n) is 12.7. The average Bonchev–Trinajstić information content (AvgIpc) is 3.44. The van der Waals surface area contributed by atoms with Crippen molar-refractivity contribution in [1.82, 2.24) is 24.1 Å². The lowest BCUT2D eigenvalue weighted by Crippen LogP contribution is -2.47. The summed E-state index contributed by atoms with van der Waals surface area (Å²) in [7, 11) is 3.98. The van der Waals surface area contributed by atoms with Crippen LogP contribution in [0.2, 0.25) is 0 Å². The predicted molar refractivity (Wildman–Crippen MR) is 175 cm³/mol. The zero-order valence-electron chi connectivity index (χ0n) is 25.7. The van der Waals surface area contributed by atoms with Gasteiger partial charge in [0.1, 0.15) is 28.2 Å². The number of fused-ring (bicyclic) bond motifs is 1. The van der Waals surface area contributed by atoms with E-state index < -0.39 is 5.60 Å². The third kappa shape index (κ3) is 8.09. The minimum Gasteiger partial charge on any atom is -0.492 e. The number of carbonyl (C=O) groups excluding carboxylic acids is 1. The van der Waals surface area contributed by atoms with Crippen LogP contribution in [-0.4, -0.2) is 101 Å². The van der Waals surface area contributed by atoms with Gasteiger partial charge in [0.2, 0.25) is 0 Å². The van der Waals surface area contributed by atoms with Gasteiger partial charge in [0.25, 0.3) is 5.56 Å². The minimum absolute atomic E-state index is 0.0969. The fourth-order valence-electron chi connectivity index (χ4n) is 5.96. The molecule has 1 N–H and O–H groups in total. The molecule has 0 radical (unpaired) electrons. The number of likely N-dealkylation sites (N-methyl/N-ethyl adjacent to an activating group) is 1. The summed E-state index contributed by atoms with van der Waals surface area (Å²) in [6.45, 7) is 10.9. The number of nitrogens with zero attached hydrogens (tertiary/aromatic N) is 5. The van der Waals surface area contributed by atoms with Crippen molar-refractivity contribution in [1.29, 1.82) is 0 Å². The number of ether oxygens (including phenoxy) is 2. The summed E-state index contributed by atoms with van der Waals surface area (Å²) >= 11 is 4.91. The number of amides is 1. The first-order valence-electron chi connectivity index (χ1n) is 15.0. The molecule has 10 nitrogen and oxygen atoms in total. The maximum absolute atomic E-state index is 12.7. The Bertz CT molecular complexity index is 1450. The largest absolute Gasteiger partial charge is 0.492 e. The summed E-state index contributed by atoms with van der Waals surface area (Å²) in [5.74, 6) is 1.84. The van der Waals surface area contributed by atoms with Crippen LogP contribution in [0.3, 0.4) is 0 Å². The van der Waals surface area contributed by atoms with Crippen LogP contribution in [0.15, 0.2) is 45.1 Å². The van der Waals surface area contributed by atoms with Crippen molar-refractivity contribution in [3.8, 4) is 5.75 Å². The maximum atomic E-state index is 12.7. The number of halogens is 1. The molecule has 0 aliphatic carbocycles. The Morgan fingerprint density at radius 1 is 1.19 bits per heavy atom. The Kier molecular flexibility index (Phi) is 10.00. The van der Waals surface area contributed by atoms with Crippen LogP contribution in [0.5, 0.6) is 5.75 Å². The van der Waals surface area contributed by atoms with Gasteiger partial charge in [-0.2, -0.15) is 0 Å². The molecule has 43 heavy (non-hydrogen) atoms. The van der Waals surface area contributed by atoms with Crippen LogP contribution in [0.4, 0.5) is 10.6 Å². The van der Waals surface area contributed by atoms with E-state index in [0.29, 0.717) is 27.8 Å². The van der Waals surface area contributed by atoms with Crippen LogP contribution in [0.25, 0.3) is 4.96 Å². The number of aromatic nitrogens is 2. The first kappa shape index (κ1) is 31.7. The van der Waals surface area contributed by atoms with Gasteiger partial charge in [0.05, 0.1) is 0 Å². The normalized spacial score (nSPS) is 20.7. The van der Waals surface area contributed by atoms with Gasteiger partial charge in [0, 0.05) is 63.4 Å². The number of likely N-dealkylation sites (tertiary alicyclic amines) is 2. The highest BCUT2D eigenvalue weighted by atomic mass is 79.9. The van der Waals surface area contributed by atoms with E-state index in [4.69, 9.17) is 9.47 Å². The summed E-state index contributed by atoms with van der Waals surface area (Å²) in [5.41, 5.74) is 0.704. The van der Waals surface area contributed by atoms with Crippen molar-refractivity contribution in [2.24, 2.45) is 0 Å². The molecule has 5 rings (SSSR count). The fraction of sp³-hybridized carbons (Fsp3) is 0.581. The SMILES string of the molecule is CN1CC(Nc2nc3sccn3c(=O)c2Br)CC(c2ccc(OCCN3CCC(N(C)C(=O)OC(C)(C)C)CC3)cc2)C1. The van der Waals surface area contributed by atoms with Gasteiger partial charge in [0.15, 0.2) is 4.96 Å². The minimum atomic E-state index is -0.480. The van der Waals surface area contributed by atoms with Gasteiger partial charge in [-0.3, -0.25) is 14.1 Å². The zero-order valence-corrected chi connectivity index (χ0v) is 28.1. The van der Waals surface area contributed by atoms with Gasteiger partial charge in [-0.1, -0.05) is 12.1 Å². The quantitative estimate of drug-likeness (QED) is 0.352. The summed E-state index contributed by atoms with van der Waals surface area (Å²) < 4.78 is 13.7. The molecule has 2 aromatic heterocycles. The number of rotatable bonds is 8. The number of piperidine rings is 2. The van der Waals surface area contributed by atoms with E-state index >= 15 is 0 Å². The molecule has 0 bridgehead atoms. The second kappa shape index (κ2) is 13.5. The lowest BCUT2D eigenvalue weighted by atomic mass is 9.88. The molecule has 12 heteroatoms. The standard InChI is InChI=1S/C31H43BrN6O4S/c1-31(2,3)42-30(40)36(5)24-10-12-37(13-11-24)14-16-41-25-8-6-21(7-9-25)22-18-23(20-35(4)19-22)33-27-26(32)28(39)38-15-17-43-29(38)34-27/h6-9,15,17,22-24,33H,10-14,16,18-20H2,1-5H3. The Balaban J connectivity index is 1.08. The van der Waals surface area contributed by atoms with Gasteiger partial charge >= 0.3 is 6.09 Å². The number of carbonyl (C=O) groups is 1. The first-order valence-corrected chi connectivity index (χ1v) is 16.7. The van der Waals surface area contributed by atoms with E-state index in [1.807, 2.05) is 33.2 Å². The van der Waals surface area contributed by atoms with Crippen molar-refractivity contribution in [2.75, 3.05) is 58.7 Å². The Morgan fingerprint density at radius 3 is 2.60 bits per heavy atom. The lowest BCUT2D eigenvalue weighted by molar-refractivity contribution is 0.0147. The highest BCUT2D eigenvalue weighted by molar-refractivity contribution is 9.10. The second-order valence-corrected chi connectivity index (χ2v) is 14.4. The first-order chi connectivity index (χ1) is 20.5. The van der Waals surface area contributed by atoms with E-state index in [0.717, 1.165) is 57.7 Å². The summed E-state index contributed by atoms with van der Waals surface area (Å²) in [5, 5.41) is 5.40. The van der Waals surface area contributed by atoms with Crippen molar-refractivity contribution in [2.45, 2.75) is 63.6 Å². The van der Waals surface area contributed by atoms with E-state index in [1.54, 1.807) is 15.5 Å². The molecule has 234 valence electrons. The fourth-order valence-corrected chi connectivity index (χ4v) is 7.06. The molecule has 2 aliphatic rings. The highest BCUT2D eigenvalue weighted by Gasteiger charge is 2.29. The summed E-state index contributed by atoms with van der Waals surface area (Å²) in [6.07, 6.45) is 4.31. The van der Waals surface area contributed by atoms with Crippen molar-refractivity contribution in [3.63, 3.8) is 0 Å². The monoisotopic (exact) mass is 674 g/mol. The Hall–Kier alpha value is -2.67. The van der Waals surface area contributed by atoms with E-state index in [-0.39, 0.29) is 23.7 Å². The smallest absolute Gasteiger partial charge is 0.410 e. The van der Waals surface area contributed by atoms with Gasteiger partial charge in [-0.15, -0.1) is 11.3 Å². The molecule has 2 fully saturated rings. The van der Waals surface area contributed by atoms with Crippen LogP contribution in [0.1, 0.15) is 51.5 Å². The molecule has 2 saturated heterocycles. The number of hydrogen-bond donors (Lipinski definition) is 1. The van der Waals surface area contributed by atoms with Gasteiger partial charge < -0.3 is 24.6 Å². The molecule has 2 unspecified atom stereocenters. The average molecular weight is 676 g/mol. The van der Waals surface area contributed by atoms with E-state index in [9.17, 15) is 9.59 Å². The predicted octanol–water partition coefficient (Wildman–Crippen LogP) is 5.13. The molecule has 2 atom stereocenters. The molecule has 2 aliphatic heterocycles. The molecule has 4 heterocycles. The number of benzene rings is 1. The highest BCUT2D eigenvalue weighted by Crippen LogP contribution is 2.30. The summed E-state index contributed by atoms with van der Waals surface area (Å²) in [4.78, 5) is 36.9. The number of anilines is 1. The topological polar surface area (TPSA) is 91.7 Å². The molecular formula is C31H43BrN6O4S.